The Morgan fingerprint density at radius 3 is 2.36 bits per heavy atom. The van der Waals surface area contributed by atoms with Gasteiger partial charge in [0.15, 0.2) is 12.4 Å². The van der Waals surface area contributed by atoms with Crippen LogP contribution in [0.2, 0.25) is 0 Å². The molecule has 0 fully saturated rings. The smallest absolute Gasteiger partial charge is 0.331 e. The van der Waals surface area contributed by atoms with Crippen molar-refractivity contribution in [3.05, 3.63) is 71.3 Å². The molecule has 0 atom stereocenters. The van der Waals surface area contributed by atoms with Gasteiger partial charge in [0.05, 0.1) is 0 Å². The van der Waals surface area contributed by atoms with Gasteiger partial charge in [-0.15, -0.1) is 0 Å². The molecule has 0 heterocycles. The Kier molecular flexibility index (Phi) is 6.23. The van der Waals surface area contributed by atoms with Crippen LogP contribution in [0, 0.1) is 6.92 Å². The molecule has 2 rings (SSSR count). The number of amides is 1. The van der Waals surface area contributed by atoms with E-state index in [1.54, 1.807) is 30.3 Å². The molecule has 5 nitrogen and oxygen atoms in total. The minimum absolute atomic E-state index is 0.0488. The fourth-order valence-corrected chi connectivity index (χ4v) is 2.10. The number of rotatable bonds is 6. The second kappa shape index (κ2) is 8.59. The van der Waals surface area contributed by atoms with Gasteiger partial charge in [-0.3, -0.25) is 9.59 Å². The van der Waals surface area contributed by atoms with Gasteiger partial charge in [0.25, 0.3) is 5.91 Å². The maximum absolute atomic E-state index is 11.8. The lowest BCUT2D eigenvalue weighted by Gasteiger charge is -2.06. The van der Waals surface area contributed by atoms with Gasteiger partial charge in [0.2, 0.25) is 0 Å². The van der Waals surface area contributed by atoms with Crippen LogP contribution < -0.4 is 5.32 Å². The van der Waals surface area contributed by atoms with Crippen molar-refractivity contribution < 1.29 is 19.1 Å². The molecule has 5 heteroatoms. The van der Waals surface area contributed by atoms with Crippen molar-refractivity contribution >= 4 is 29.4 Å². The topological polar surface area (TPSA) is 72.5 Å². The second-order valence-electron chi connectivity index (χ2n) is 5.48. The standard InChI is InChI=1S/C20H19NO4/c1-14-5-3-4-6-16(14)9-12-20(24)25-13-19(23)21-18-10-7-17(8-11-18)15(2)22/h3-12H,13H2,1-2H3,(H,21,23)/b12-9+. The van der Waals surface area contributed by atoms with Gasteiger partial charge < -0.3 is 10.1 Å². The lowest BCUT2D eigenvalue weighted by molar-refractivity contribution is -0.142. The molecule has 2 aromatic carbocycles. The summed E-state index contributed by atoms with van der Waals surface area (Å²) in [5.41, 5.74) is 3.04. The van der Waals surface area contributed by atoms with E-state index in [0.717, 1.165) is 11.1 Å². The number of ether oxygens (including phenoxy) is 1. The van der Waals surface area contributed by atoms with Crippen LogP contribution in [0.4, 0.5) is 5.69 Å². The van der Waals surface area contributed by atoms with Crippen molar-refractivity contribution in [1.29, 1.82) is 0 Å². The summed E-state index contributed by atoms with van der Waals surface area (Å²) >= 11 is 0. The quantitative estimate of drug-likeness (QED) is 0.498. The molecule has 0 spiro atoms. The molecular weight excluding hydrogens is 318 g/mol. The molecular formula is C20H19NO4. The average Bonchev–Trinajstić information content (AvgIpc) is 2.59. The molecule has 0 aliphatic heterocycles. The summed E-state index contributed by atoms with van der Waals surface area (Å²) in [4.78, 5) is 34.7. The van der Waals surface area contributed by atoms with Gasteiger partial charge in [0.1, 0.15) is 0 Å². The summed E-state index contributed by atoms with van der Waals surface area (Å²) in [5, 5.41) is 2.59. The maximum Gasteiger partial charge on any atom is 0.331 e. The molecule has 1 amide bonds. The van der Waals surface area contributed by atoms with E-state index in [-0.39, 0.29) is 12.4 Å². The highest BCUT2D eigenvalue weighted by molar-refractivity contribution is 5.96. The zero-order valence-corrected chi connectivity index (χ0v) is 14.1. The van der Waals surface area contributed by atoms with Crippen LogP contribution >= 0.6 is 0 Å². The van der Waals surface area contributed by atoms with Crippen LogP contribution in [0.3, 0.4) is 0 Å². The first-order chi connectivity index (χ1) is 12.0. The Hall–Kier alpha value is -3.21. The molecule has 0 aliphatic rings. The number of carbonyl (C=O) groups is 3. The zero-order chi connectivity index (χ0) is 18.2. The molecule has 1 N–H and O–H groups in total. The molecule has 0 aliphatic carbocycles. The minimum atomic E-state index is -0.592. The van der Waals surface area contributed by atoms with Gasteiger partial charge in [-0.05, 0) is 55.3 Å². The first-order valence-electron chi connectivity index (χ1n) is 7.77. The van der Waals surface area contributed by atoms with E-state index in [1.165, 1.54) is 13.0 Å². The van der Waals surface area contributed by atoms with E-state index >= 15 is 0 Å². The van der Waals surface area contributed by atoms with Crippen molar-refractivity contribution in [2.45, 2.75) is 13.8 Å². The fraction of sp³-hybridized carbons (Fsp3) is 0.150. The number of benzene rings is 2. The van der Waals surface area contributed by atoms with Crippen LogP contribution in [0.15, 0.2) is 54.6 Å². The number of anilines is 1. The van der Waals surface area contributed by atoms with E-state index in [9.17, 15) is 14.4 Å². The Morgan fingerprint density at radius 2 is 1.72 bits per heavy atom. The SMILES string of the molecule is CC(=O)c1ccc(NC(=O)COC(=O)/C=C/c2ccccc2C)cc1. The highest BCUT2D eigenvalue weighted by Gasteiger charge is 2.06. The molecule has 0 radical (unpaired) electrons. The summed E-state index contributed by atoms with van der Waals surface area (Å²) in [6, 6.07) is 14.1. The van der Waals surface area contributed by atoms with E-state index < -0.39 is 11.9 Å². The molecule has 0 aromatic heterocycles. The number of hydrogen-bond acceptors (Lipinski definition) is 4. The molecule has 0 saturated heterocycles. The molecule has 2 aromatic rings. The fourth-order valence-electron chi connectivity index (χ4n) is 2.10. The zero-order valence-electron chi connectivity index (χ0n) is 14.1. The molecule has 25 heavy (non-hydrogen) atoms. The van der Waals surface area contributed by atoms with Crippen LogP contribution in [-0.2, 0) is 14.3 Å². The Labute approximate surface area is 146 Å². The summed E-state index contributed by atoms with van der Waals surface area (Å²) < 4.78 is 4.91. The van der Waals surface area contributed by atoms with Gasteiger partial charge >= 0.3 is 5.97 Å². The van der Waals surface area contributed by atoms with Crippen LogP contribution in [-0.4, -0.2) is 24.3 Å². The second-order valence-corrected chi connectivity index (χ2v) is 5.48. The van der Waals surface area contributed by atoms with Crippen molar-refractivity contribution in [2.24, 2.45) is 0 Å². The summed E-state index contributed by atoms with van der Waals surface area (Å²) in [6.07, 6.45) is 2.94. The third-order valence-electron chi connectivity index (χ3n) is 3.51. The number of ketones is 1. The minimum Gasteiger partial charge on any atom is -0.452 e. The predicted octanol–water partition coefficient (Wildman–Crippen LogP) is 3.39. The van der Waals surface area contributed by atoms with Crippen molar-refractivity contribution in [3.63, 3.8) is 0 Å². The molecule has 0 bridgehead atoms. The first kappa shape index (κ1) is 18.1. The number of carbonyl (C=O) groups excluding carboxylic acids is 3. The summed E-state index contributed by atoms with van der Waals surface area (Å²) in [5.74, 6) is -1.09. The monoisotopic (exact) mass is 337 g/mol. The highest BCUT2D eigenvalue weighted by atomic mass is 16.5. The van der Waals surface area contributed by atoms with Crippen molar-refractivity contribution in [3.8, 4) is 0 Å². The third-order valence-corrected chi connectivity index (χ3v) is 3.51. The lowest BCUT2D eigenvalue weighted by atomic mass is 10.1. The Balaban J connectivity index is 1.82. The number of nitrogens with one attached hydrogen (secondary N) is 1. The van der Waals surface area contributed by atoms with E-state index in [2.05, 4.69) is 5.32 Å². The van der Waals surface area contributed by atoms with Gasteiger partial charge in [0, 0.05) is 17.3 Å². The number of hydrogen-bond donors (Lipinski definition) is 1. The molecule has 128 valence electrons. The normalized spacial score (nSPS) is 10.5. The van der Waals surface area contributed by atoms with Crippen LogP contribution in [0.5, 0.6) is 0 Å². The van der Waals surface area contributed by atoms with Crippen LogP contribution in [0.1, 0.15) is 28.4 Å². The van der Waals surface area contributed by atoms with Crippen molar-refractivity contribution in [2.75, 3.05) is 11.9 Å². The molecule has 0 unspecified atom stereocenters. The first-order valence-corrected chi connectivity index (χ1v) is 7.77. The number of esters is 1. The lowest BCUT2D eigenvalue weighted by Crippen LogP contribution is -2.20. The van der Waals surface area contributed by atoms with Crippen molar-refractivity contribution in [1.82, 2.24) is 0 Å². The van der Waals surface area contributed by atoms with Crippen LogP contribution in [0.25, 0.3) is 6.08 Å². The number of Topliss-reactive ketones (excluding diaryl/α,β-unsaturated/α-hetero) is 1. The average molecular weight is 337 g/mol. The summed E-state index contributed by atoms with van der Waals surface area (Å²) in [7, 11) is 0. The highest BCUT2D eigenvalue weighted by Crippen LogP contribution is 2.10. The largest absolute Gasteiger partial charge is 0.452 e. The van der Waals surface area contributed by atoms with Gasteiger partial charge in [-0.1, -0.05) is 24.3 Å². The predicted molar refractivity (Wildman–Crippen MR) is 96.2 cm³/mol. The van der Waals surface area contributed by atoms with E-state index in [4.69, 9.17) is 4.74 Å². The maximum atomic E-state index is 11.8. The Bertz CT molecular complexity index is 807. The number of aryl methyl sites for hydroxylation is 1. The Morgan fingerprint density at radius 1 is 1.04 bits per heavy atom. The third kappa shape index (κ3) is 5.73. The van der Waals surface area contributed by atoms with E-state index in [0.29, 0.717) is 11.3 Å². The molecule has 0 saturated carbocycles. The van der Waals surface area contributed by atoms with Gasteiger partial charge in [-0.2, -0.15) is 0 Å². The summed E-state index contributed by atoms with van der Waals surface area (Å²) in [6.45, 7) is 3.03. The van der Waals surface area contributed by atoms with E-state index in [1.807, 2.05) is 31.2 Å². The van der Waals surface area contributed by atoms with Gasteiger partial charge in [-0.25, -0.2) is 4.79 Å².